The third-order valence-electron chi connectivity index (χ3n) is 13.9. The Labute approximate surface area is 353 Å². The van der Waals surface area contributed by atoms with Crippen molar-refractivity contribution < 1.29 is 0 Å². The van der Waals surface area contributed by atoms with Crippen LogP contribution in [0.5, 0.6) is 0 Å². The number of benzene rings is 10. The van der Waals surface area contributed by atoms with E-state index in [0.717, 1.165) is 0 Å². The first-order valence-electron chi connectivity index (χ1n) is 21.1. The molecule has 0 atom stereocenters. The van der Waals surface area contributed by atoms with E-state index in [-0.39, 0.29) is 0 Å². The second kappa shape index (κ2) is 12.2. The molecule has 0 unspecified atom stereocenters. The fourth-order valence-corrected chi connectivity index (χ4v) is 17.2. The highest BCUT2D eigenvalue weighted by atomic mass is 28.3. The molecule has 2 nitrogen and oxygen atoms in total. The van der Waals surface area contributed by atoms with Gasteiger partial charge in [0.25, 0.3) is 0 Å². The molecule has 3 heteroatoms. The van der Waals surface area contributed by atoms with Gasteiger partial charge in [0, 0.05) is 35.6 Å². The average molecular weight is 787 g/mol. The fourth-order valence-electron chi connectivity index (χ4n) is 11.4. The maximum absolute atomic E-state index is 4.81. The minimum atomic E-state index is -3.17. The number of hydrogen-bond acceptors (Lipinski definition) is 2. The Hall–Kier alpha value is -7.72. The Morgan fingerprint density at radius 2 is 0.525 bits per heavy atom. The Balaban J connectivity index is 1.27. The number of aromatic nitrogens is 2. The normalized spacial score (nSPS) is 13.4. The lowest BCUT2D eigenvalue weighted by molar-refractivity contribution is 1.37. The van der Waals surface area contributed by atoms with Crippen molar-refractivity contribution in [2.45, 2.75) is 0 Å². The van der Waals surface area contributed by atoms with Crippen LogP contribution >= 0.6 is 0 Å². The summed E-state index contributed by atoms with van der Waals surface area (Å²) in [4.78, 5) is 9.62. The zero-order valence-electron chi connectivity index (χ0n) is 33.0. The van der Waals surface area contributed by atoms with E-state index < -0.39 is 8.07 Å². The summed E-state index contributed by atoms with van der Waals surface area (Å²) in [5, 5.41) is 21.5. The molecule has 12 aromatic rings. The van der Waals surface area contributed by atoms with E-state index in [0.29, 0.717) is 0 Å². The minimum absolute atomic E-state index is 1.20. The predicted octanol–water partition coefficient (Wildman–Crippen LogP) is 12.1. The lowest BCUT2D eigenvalue weighted by Gasteiger charge is -2.30. The van der Waals surface area contributed by atoms with Gasteiger partial charge in [-0.15, -0.1) is 0 Å². The summed E-state index contributed by atoms with van der Waals surface area (Å²) in [6.07, 6.45) is 8.16. The molecule has 0 amide bonds. The highest BCUT2D eigenvalue weighted by molar-refractivity contribution is 7.26. The average Bonchev–Trinajstić information content (AvgIpc) is 3.81. The number of pyridine rings is 2. The van der Waals surface area contributed by atoms with Gasteiger partial charge in [-0.2, -0.15) is 0 Å². The minimum Gasteiger partial charge on any atom is -0.264 e. The van der Waals surface area contributed by atoms with E-state index in [4.69, 9.17) is 9.97 Å². The van der Waals surface area contributed by atoms with Crippen molar-refractivity contribution in [1.29, 1.82) is 0 Å². The SMILES string of the molecule is c1ccc(-c2cc3c4c(c2)c2ccncc2c2cc(-c5ccccc5)cc(c24)[Si]32c3cc(-c4ccccc4)cc4c5ccncc5c5cc(-c6ccccc6)cc2c5c34)cc1. The molecule has 1 spiro atoms. The Bertz CT molecular complexity index is 3330. The van der Waals surface area contributed by atoms with E-state index in [1.807, 2.05) is 12.4 Å². The van der Waals surface area contributed by atoms with E-state index in [9.17, 15) is 0 Å². The molecule has 0 fully saturated rings. The van der Waals surface area contributed by atoms with Crippen LogP contribution in [0.2, 0.25) is 0 Å². The molecule has 2 aliphatic rings. The summed E-state index contributed by atoms with van der Waals surface area (Å²) in [7, 11) is -3.17. The van der Waals surface area contributed by atoms with Crippen LogP contribution < -0.4 is 20.7 Å². The van der Waals surface area contributed by atoms with Gasteiger partial charge >= 0.3 is 0 Å². The summed E-state index contributed by atoms with van der Waals surface area (Å²) in [6.45, 7) is 0. The first-order chi connectivity index (χ1) is 30.3. The van der Waals surface area contributed by atoms with Crippen LogP contribution in [0, 0.1) is 0 Å². The zero-order valence-corrected chi connectivity index (χ0v) is 34.0. The van der Waals surface area contributed by atoms with Crippen LogP contribution in [0.4, 0.5) is 0 Å². The molecule has 0 aliphatic carbocycles. The van der Waals surface area contributed by atoms with Crippen LogP contribution in [0.15, 0.2) is 207 Å². The smallest absolute Gasteiger partial charge is 0.182 e. The number of nitrogens with zero attached hydrogens (tertiary/aromatic N) is 2. The molecule has 0 saturated heterocycles. The maximum Gasteiger partial charge on any atom is 0.182 e. The van der Waals surface area contributed by atoms with E-state index in [1.54, 1.807) is 0 Å². The molecule has 2 aromatic heterocycles. The second-order valence-corrected chi connectivity index (χ2v) is 20.5. The van der Waals surface area contributed by atoms with Crippen molar-refractivity contribution in [2.75, 3.05) is 0 Å². The van der Waals surface area contributed by atoms with E-state index in [2.05, 4.69) is 194 Å². The Morgan fingerprint density at radius 3 is 0.820 bits per heavy atom. The quantitative estimate of drug-likeness (QED) is 0.131. The van der Waals surface area contributed by atoms with Crippen LogP contribution in [0.25, 0.3) is 109 Å². The van der Waals surface area contributed by atoms with E-state index in [1.165, 1.54) is 130 Å². The van der Waals surface area contributed by atoms with Gasteiger partial charge in [-0.3, -0.25) is 9.97 Å². The van der Waals surface area contributed by atoms with Gasteiger partial charge in [0.1, 0.15) is 0 Å². The monoisotopic (exact) mass is 786 g/mol. The van der Waals surface area contributed by atoms with Crippen LogP contribution in [-0.2, 0) is 0 Å². The van der Waals surface area contributed by atoms with Gasteiger partial charge in [-0.25, -0.2) is 0 Å². The third kappa shape index (κ3) is 4.35. The van der Waals surface area contributed by atoms with Crippen molar-refractivity contribution in [1.82, 2.24) is 9.97 Å². The van der Waals surface area contributed by atoms with Crippen molar-refractivity contribution in [3.63, 3.8) is 0 Å². The van der Waals surface area contributed by atoms with Crippen LogP contribution in [0.3, 0.4) is 0 Å². The Morgan fingerprint density at radius 1 is 0.246 bits per heavy atom. The lowest BCUT2D eigenvalue weighted by atomic mass is 9.91. The van der Waals surface area contributed by atoms with Gasteiger partial charge in [0.2, 0.25) is 0 Å². The molecular formula is C58H34N2Si. The van der Waals surface area contributed by atoms with Gasteiger partial charge in [-0.05, 0) is 156 Å². The Kier molecular flexibility index (Phi) is 6.61. The molecule has 0 radical (unpaired) electrons. The predicted molar refractivity (Wildman–Crippen MR) is 260 cm³/mol. The molecule has 0 saturated carbocycles. The number of hydrogen-bond donors (Lipinski definition) is 0. The van der Waals surface area contributed by atoms with Crippen LogP contribution in [0.1, 0.15) is 0 Å². The van der Waals surface area contributed by atoms with Crippen LogP contribution in [-0.4, -0.2) is 18.0 Å². The standard InChI is InChI=1S/C58H34N2Si/c1-5-13-35(14-6-1)39-25-45-43-21-23-59-33-49(43)47-27-41(37-17-9-3-10-18-37)31-53-57(47)55(45)51(29-39)61(53)52-30-40(36-15-7-2-8-16-36)26-46-44-22-24-60-34-50(44)48-28-42(38-19-11-4-12-20-38)32-54(61)58(48)56(46)52/h1-34H. The van der Waals surface area contributed by atoms with Crippen molar-refractivity contribution in [3.8, 4) is 44.5 Å². The molecular weight excluding hydrogens is 753 g/mol. The summed E-state index contributed by atoms with van der Waals surface area (Å²) in [5.41, 5.74) is 9.89. The summed E-state index contributed by atoms with van der Waals surface area (Å²) >= 11 is 0. The summed E-state index contributed by atoms with van der Waals surface area (Å²) in [6, 6.07) is 68.7. The molecule has 0 N–H and O–H groups in total. The fraction of sp³-hybridized carbons (Fsp3) is 0. The lowest BCUT2D eigenvalue weighted by Crippen LogP contribution is -2.71. The first-order valence-corrected chi connectivity index (χ1v) is 23.1. The molecule has 4 heterocycles. The zero-order chi connectivity index (χ0) is 39.8. The van der Waals surface area contributed by atoms with E-state index >= 15 is 0 Å². The molecule has 280 valence electrons. The van der Waals surface area contributed by atoms with Gasteiger partial charge < -0.3 is 0 Å². The molecule has 10 aromatic carbocycles. The topological polar surface area (TPSA) is 25.8 Å². The highest BCUT2D eigenvalue weighted by Crippen LogP contribution is 2.47. The highest BCUT2D eigenvalue weighted by Gasteiger charge is 2.53. The van der Waals surface area contributed by atoms with Crippen molar-refractivity contribution >= 4 is 93.5 Å². The largest absolute Gasteiger partial charge is 0.264 e. The van der Waals surface area contributed by atoms with Crippen molar-refractivity contribution in [2.24, 2.45) is 0 Å². The molecule has 2 aliphatic heterocycles. The molecule has 61 heavy (non-hydrogen) atoms. The second-order valence-electron chi connectivity index (χ2n) is 16.8. The van der Waals surface area contributed by atoms with Gasteiger partial charge in [0.05, 0.1) is 0 Å². The maximum atomic E-state index is 4.81. The van der Waals surface area contributed by atoms with Gasteiger partial charge in [0.15, 0.2) is 8.07 Å². The summed E-state index contributed by atoms with van der Waals surface area (Å²) in [5.74, 6) is 0. The van der Waals surface area contributed by atoms with Crippen molar-refractivity contribution in [3.05, 3.63) is 207 Å². The van der Waals surface area contributed by atoms with Gasteiger partial charge in [-0.1, -0.05) is 146 Å². The third-order valence-corrected chi connectivity index (χ3v) is 18.7. The molecule has 14 rings (SSSR count). The number of fused-ring (bicyclic) bond motifs is 10. The first kappa shape index (κ1) is 33.1. The summed E-state index contributed by atoms with van der Waals surface area (Å²) < 4.78 is 0. The molecule has 0 bridgehead atoms. The number of rotatable bonds is 4.